The van der Waals surface area contributed by atoms with E-state index in [1.54, 1.807) is 6.26 Å². The second-order valence-corrected chi connectivity index (χ2v) is 13.9. The van der Waals surface area contributed by atoms with Crippen LogP contribution in [0.1, 0.15) is 66.2 Å². The number of rotatable bonds is 22. The van der Waals surface area contributed by atoms with Crippen LogP contribution < -0.4 is 0 Å². The minimum Gasteiger partial charge on any atom is -0.468 e. The van der Waals surface area contributed by atoms with Crippen molar-refractivity contribution in [2.24, 2.45) is 0 Å². The number of carbonyl (C=O) groups is 1. The van der Waals surface area contributed by atoms with Crippen molar-refractivity contribution in [2.75, 3.05) is 52.8 Å². The fraction of sp³-hybridized carbons (Fsp3) is 0.800. The predicted octanol–water partition coefficient (Wildman–Crippen LogP) is 4.43. The molecule has 0 spiro atoms. The molecule has 0 aliphatic carbocycles. The molecule has 0 bridgehead atoms. The summed E-state index contributed by atoms with van der Waals surface area (Å²) in [4.78, 5) is 15.1. The first-order valence-corrected chi connectivity index (χ1v) is 17.6. The number of furan rings is 1. The highest BCUT2D eigenvalue weighted by Crippen LogP contribution is 2.44. The summed E-state index contributed by atoms with van der Waals surface area (Å²) in [6.07, 6.45) is 3.02. The fourth-order valence-electron chi connectivity index (χ4n) is 4.62. The molecule has 1 saturated heterocycles. The summed E-state index contributed by atoms with van der Waals surface area (Å²) < 4.78 is 46.9. The lowest BCUT2D eigenvalue weighted by Crippen LogP contribution is -2.46. The number of ether oxygens (including phenoxy) is 1. The lowest BCUT2D eigenvalue weighted by Gasteiger charge is -2.28. The Kier molecular flexibility index (Phi) is 14.6. The monoisotopic (exact) mass is 561 g/mol. The highest BCUT2D eigenvalue weighted by molar-refractivity contribution is 6.61. The Labute approximate surface area is 224 Å². The lowest BCUT2D eigenvalue weighted by molar-refractivity contribution is -0.144. The number of carbonyl (C=O) groups excluding carboxylic acids is 1. The van der Waals surface area contributed by atoms with Crippen molar-refractivity contribution in [3.05, 3.63) is 24.2 Å². The maximum Gasteiger partial charge on any atom is 0.501 e. The largest absolute Gasteiger partial charge is 0.501 e. The van der Waals surface area contributed by atoms with Crippen molar-refractivity contribution in [1.82, 2.24) is 4.90 Å². The molecule has 0 saturated carbocycles. The molecule has 37 heavy (non-hydrogen) atoms. The molecule has 2 heterocycles. The van der Waals surface area contributed by atoms with Crippen LogP contribution >= 0.6 is 0 Å². The van der Waals surface area contributed by atoms with E-state index in [-0.39, 0.29) is 24.7 Å². The summed E-state index contributed by atoms with van der Waals surface area (Å²) in [6, 6.07) is 4.52. The van der Waals surface area contributed by atoms with Gasteiger partial charge in [-0.15, -0.1) is 0 Å². The minimum atomic E-state index is -2.75. The van der Waals surface area contributed by atoms with Gasteiger partial charge >= 0.3 is 23.6 Å². The van der Waals surface area contributed by atoms with Crippen LogP contribution in [-0.4, -0.2) is 87.3 Å². The molecule has 0 N–H and O–H groups in total. The van der Waals surface area contributed by atoms with Gasteiger partial charge in [-0.1, -0.05) is 0 Å². The highest BCUT2D eigenvalue weighted by Gasteiger charge is 2.56. The topological polar surface area (TPSA) is 97.8 Å². The molecule has 10 nitrogen and oxygen atoms in total. The van der Waals surface area contributed by atoms with Crippen LogP contribution in [0.2, 0.25) is 12.1 Å². The summed E-state index contributed by atoms with van der Waals surface area (Å²) in [5.41, 5.74) is 0. The zero-order chi connectivity index (χ0) is 27.2. The van der Waals surface area contributed by atoms with E-state index in [9.17, 15) is 4.79 Å². The Bertz CT molecular complexity index is 718. The van der Waals surface area contributed by atoms with Crippen molar-refractivity contribution < 1.29 is 40.5 Å². The van der Waals surface area contributed by atoms with E-state index in [0.29, 0.717) is 64.7 Å². The van der Waals surface area contributed by atoms with E-state index in [4.69, 9.17) is 35.7 Å². The van der Waals surface area contributed by atoms with E-state index < -0.39 is 17.6 Å². The molecular weight excluding hydrogens is 514 g/mol. The summed E-state index contributed by atoms with van der Waals surface area (Å²) in [6.45, 7) is 15.8. The van der Waals surface area contributed by atoms with E-state index in [1.807, 2.05) is 53.7 Å². The summed E-state index contributed by atoms with van der Waals surface area (Å²) in [5.74, 6) is 0.515. The van der Waals surface area contributed by atoms with Gasteiger partial charge in [0, 0.05) is 51.7 Å². The molecule has 12 heteroatoms. The van der Waals surface area contributed by atoms with E-state index in [2.05, 4.69) is 4.90 Å². The number of hydrogen-bond acceptors (Lipinski definition) is 10. The first-order chi connectivity index (χ1) is 17.9. The van der Waals surface area contributed by atoms with Gasteiger partial charge in [0.05, 0.1) is 18.9 Å². The summed E-state index contributed by atoms with van der Waals surface area (Å²) in [7, 11) is -5.49. The van der Waals surface area contributed by atoms with E-state index >= 15 is 0 Å². The maximum absolute atomic E-state index is 13.0. The minimum absolute atomic E-state index is 0.131. The Hall–Kier alpha value is -1.10. The van der Waals surface area contributed by atoms with Crippen LogP contribution in [0, 0.1) is 0 Å². The highest BCUT2D eigenvalue weighted by atomic mass is 28.4. The van der Waals surface area contributed by atoms with Gasteiger partial charge in [0.25, 0.3) is 0 Å². The molecule has 0 radical (unpaired) electrons. The maximum atomic E-state index is 13.0. The molecule has 3 unspecified atom stereocenters. The SMILES string of the molecule is CCO[Si](CCCOC(=O)C1C(c2ccco2)N1CCC[Si](OCC)(OCC)OCC)(OCC)OCC. The molecule has 1 aromatic rings. The summed E-state index contributed by atoms with van der Waals surface area (Å²) in [5, 5.41) is 0. The van der Waals surface area contributed by atoms with Gasteiger partial charge in [-0.3, -0.25) is 9.69 Å². The Balaban J connectivity index is 1.93. The molecular formula is C25H47NO9Si2. The predicted molar refractivity (Wildman–Crippen MR) is 143 cm³/mol. The number of hydrogen-bond donors (Lipinski definition) is 0. The number of nitrogens with zero attached hydrogens (tertiary/aromatic N) is 1. The van der Waals surface area contributed by atoms with Crippen molar-refractivity contribution in [3.63, 3.8) is 0 Å². The third-order valence-electron chi connectivity index (χ3n) is 5.96. The van der Waals surface area contributed by atoms with Gasteiger partial charge in [0.15, 0.2) is 0 Å². The zero-order valence-electron chi connectivity index (χ0n) is 23.5. The standard InChI is InChI=1S/C25H47NO9Si2/c1-7-30-36(31-8-2,32-9-3)20-14-17-26-23(22-16-13-18-28-22)24(26)25(27)29-19-15-21-37(33-10-4,34-11-5)35-12-6/h13,16,18,23-24H,7-12,14-15,17,19-21H2,1-6H3. The Morgan fingerprint density at radius 2 is 1.30 bits per heavy atom. The molecule has 1 aliphatic heterocycles. The van der Waals surface area contributed by atoms with Crippen LogP contribution in [0.25, 0.3) is 0 Å². The van der Waals surface area contributed by atoms with Crippen molar-refractivity contribution in [3.8, 4) is 0 Å². The smallest absolute Gasteiger partial charge is 0.468 e. The van der Waals surface area contributed by atoms with E-state index in [0.717, 1.165) is 12.2 Å². The molecule has 1 fully saturated rings. The summed E-state index contributed by atoms with van der Waals surface area (Å²) >= 11 is 0. The zero-order valence-corrected chi connectivity index (χ0v) is 25.5. The molecule has 0 aromatic carbocycles. The van der Waals surface area contributed by atoms with Gasteiger partial charge in [0.2, 0.25) is 0 Å². The fourth-order valence-corrected chi connectivity index (χ4v) is 9.80. The lowest BCUT2D eigenvalue weighted by atomic mass is 10.2. The van der Waals surface area contributed by atoms with Crippen LogP contribution in [0.5, 0.6) is 0 Å². The van der Waals surface area contributed by atoms with Gasteiger partial charge < -0.3 is 35.7 Å². The van der Waals surface area contributed by atoms with Crippen LogP contribution in [-0.2, 0) is 36.1 Å². The second kappa shape index (κ2) is 16.8. The normalized spacial score (nSPS) is 19.8. The molecule has 1 aromatic heterocycles. The average Bonchev–Trinajstić information content (AvgIpc) is 3.31. The first-order valence-electron chi connectivity index (χ1n) is 13.7. The third kappa shape index (κ3) is 9.55. The Morgan fingerprint density at radius 1 is 0.811 bits per heavy atom. The van der Waals surface area contributed by atoms with Gasteiger partial charge in [-0.05, 0) is 73.1 Å². The van der Waals surface area contributed by atoms with Crippen LogP contribution in [0.4, 0.5) is 0 Å². The molecule has 3 atom stereocenters. The van der Waals surface area contributed by atoms with Crippen LogP contribution in [0.15, 0.2) is 22.8 Å². The Morgan fingerprint density at radius 3 is 1.73 bits per heavy atom. The first kappa shape index (κ1) is 32.1. The number of esters is 1. The third-order valence-corrected chi connectivity index (χ3v) is 12.3. The van der Waals surface area contributed by atoms with Gasteiger partial charge in [-0.25, -0.2) is 0 Å². The van der Waals surface area contributed by atoms with E-state index in [1.165, 1.54) is 0 Å². The van der Waals surface area contributed by atoms with Crippen molar-refractivity contribution in [1.29, 1.82) is 0 Å². The average molecular weight is 562 g/mol. The van der Waals surface area contributed by atoms with Gasteiger partial charge in [0.1, 0.15) is 11.8 Å². The quantitative estimate of drug-likeness (QED) is 0.0875. The molecule has 2 rings (SSSR count). The van der Waals surface area contributed by atoms with Gasteiger partial charge in [-0.2, -0.15) is 0 Å². The second-order valence-electron chi connectivity index (χ2n) is 8.48. The van der Waals surface area contributed by atoms with Crippen molar-refractivity contribution in [2.45, 2.75) is 78.6 Å². The van der Waals surface area contributed by atoms with Crippen LogP contribution in [0.3, 0.4) is 0 Å². The molecule has 0 amide bonds. The van der Waals surface area contributed by atoms with Crippen molar-refractivity contribution >= 4 is 23.6 Å². The molecule has 1 aliphatic rings. The molecule has 214 valence electrons.